The second-order valence-corrected chi connectivity index (χ2v) is 6.58. The van der Waals surface area contributed by atoms with Crippen molar-refractivity contribution in [2.24, 2.45) is 5.92 Å². The van der Waals surface area contributed by atoms with Crippen molar-refractivity contribution in [3.05, 3.63) is 36.0 Å². The van der Waals surface area contributed by atoms with Crippen LogP contribution in [-0.2, 0) is 11.3 Å². The predicted molar refractivity (Wildman–Crippen MR) is 91.0 cm³/mol. The van der Waals surface area contributed by atoms with Crippen molar-refractivity contribution in [2.45, 2.75) is 32.2 Å². The molecular weight excluding hydrogens is 323 g/mol. The zero-order valence-corrected chi connectivity index (χ0v) is 14.4. The highest BCUT2D eigenvalue weighted by molar-refractivity contribution is 5.75. The Hall–Kier alpha value is -2.28. The van der Waals surface area contributed by atoms with E-state index in [1.807, 2.05) is 0 Å². The Morgan fingerprint density at radius 3 is 3.08 bits per heavy atom. The van der Waals surface area contributed by atoms with Gasteiger partial charge >= 0.3 is 0 Å². The van der Waals surface area contributed by atoms with Crippen LogP contribution in [0.4, 0.5) is 4.39 Å². The Labute approximate surface area is 146 Å². The fourth-order valence-electron chi connectivity index (χ4n) is 3.19. The van der Waals surface area contributed by atoms with Crippen LogP contribution in [0.25, 0.3) is 11.4 Å². The minimum Gasteiger partial charge on any atom is -0.347 e. The number of carbonyl (C=O) groups excluding carboxylic acids is 1. The van der Waals surface area contributed by atoms with Crippen LogP contribution in [-0.4, -0.2) is 41.1 Å². The summed E-state index contributed by atoms with van der Waals surface area (Å²) in [5, 5.41) is 6.56. The summed E-state index contributed by atoms with van der Waals surface area (Å²) in [5.41, 5.74) is 0.283. The maximum absolute atomic E-state index is 13.7. The lowest BCUT2D eigenvalue weighted by molar-refractivity contribution is -0.121. The number of rotatable bonds is 6. The van der Waals surface area contributed by atoms with Crippen LogP contribution < -0.4 is 5.32 Å². The fourth-order valence-corrected chi connectivity index (χ4v) is 3.19. The van der Waals surface area contributed by atoms with Crippen LogP contribution in [0.2, 0.25) is 0 Å². The number of aromatic nitrogens is 2. The van der Waals surface area contributed by atoms with E-state index in [1.165, 1.54) is 18.9 Å². The van der Waals surface area contributed by atoms with Crippen LogP contribution in [0.3, 0.4) is 0 Å². The quantitative estimate of drug-likeness (QED) is 0.870. The lowest BCUT2D eigenvalue weighted by Gasteiger charge is -2.29. The van der Waals surface area contributed by atoms with Gasteiger partial charge in [0, 0.05) is 13.0 Å². The molecule has 0 spiro atoms. The van der Waals surface area contributed by atoms with Crippen LogP contribution in [0.15, 0.2) is 28.8 Å². The first-order valence-corrected chi connectivity index (χ1v) is 8.64. The topological polar surface area (TPSA) is 71.3 Å². The van der Waals surface area contributed by atoms with Crippen molar-refractivity contribution in [1.29, 1.82) is 0 Å². The van der Waals surface area contributed by atoms with Gasteiger partial charge in [-0.25, -0.2) is 4.39 Å². The number of nitrogens with one attached hydrogen (secondary N) is 1. The van der Waals surface area contributed by atoms with Gasteiger partial charge in [0.05, 0.1) is 12.1 Å². The van der Waals surface area contributed by atoms with Gasteiger partial charge in [-0.2, -0.15) is 4.98 Å². The van der Waals surface area contributed by atoms with Gasteiger partial charge in [0.1, 0.15) is 5.82 Å². The average molecular weight is 346 g/mol. The minimum atomic E-state index is -0.406. The van der Waals surface area contributed by atoms with E-state index in [0.717, 1.165) is 19.5 Å². The molecule has 1 aliphatic heterocycles. The fraction of sp³-hybridized carbons (Fsp3) is 0.500. The Bertz CT molecular complexity index is 719. The highest BCUT2D eigenvalue weighted by atomic mass is 19.1. The van der Waals surface area contributed by atoms with E-state index >= 15 is 0 Å². The van der Waals surface area contributed by atoms with Crippen LogP contribution in [0.5, 0.6) is 0 Å². The third-order valence-corrected chi connectivity index (χ3v) is 4.52. The molecule has 1 N–H and O–H groups in total. The van der Waals surface area contributed by atoms with Crippen molar-refractivity contribution in [2.75, 3.05) is 20.1 Å². The average Bonchev–Trinajstić information content (AvgIpc) is 3.07. The van der Waals surface area contributed by atoms with Crippen LogP contribution in [0, 0.1) is 11.7 Å². The summed E-state index contributed by atoms with van der Waals surface area (Å²) >= 11 is 0. The molecule has 1 saturated heterocycles. The molecule has 7 heteroatoms. The smallest absolute Gasteiger partial charge is 0.246 e. The molecule has 0 saturated carbocycles. The number of amides is 1. The summed E-state index contributed by atoms with van der Waals surface area (Å²) < 4.78 is 18.8. The maximum atomic E-state index is 13.7. The van der Waals surface area contributed by atoms with Gasteiger partial charge in [0.25, 0.3) is 0 Å². The Morgan fingerprint density at radius 2 is 2.28 bits per heavy atom. The monoisotopic (exact) mass is 346 g/mol. The molecule has 0 unspecified atom stereocenters. The number of carbonyl (C=O) groups is 1. The lowest BCUT2D eigenvalue weighted by Crippen LogP contribution is -2.33. The molecule has 1 amide bonds. The number of nitrogens with zero attached hydrogens (tertiary/aromatic N) is 3. The number of hydrogen-bond donors (Lipinski definition) is 1. The summed E-state index contributed by atoms with van der Waals surface area (Å²) in [6, 6.07) is 6.24. The number of halogens is 1. The van der Waals surface area contributed by atoms with E-state index in [2.05, 4.69) is 27.4 Å². The highest BCUT2D eigenvalue weighted by Gasteiger charge is 2.18. The Morgan fingerprint density at radius 1 is 1.44 bits per heavy atom. The number of hydrogen-bond acceptors (Lipinski definition) is 5. The molecule has 3 rings (SSSR count). The third kappa shape index (κ3) is 4.85. The molecule has 6 nitrogen and oxygen atoms in total. The normalized spacial score (nSPS) is 18.2. The minimum absolute atomic E-state index is 0.0288. The van der Waals surface area contributed by atoms with Crippen molar-refractivity contribution >= 4 is 5.91 Å². The third-order valence-electron chi connectivity index (χ3n) is 4.52. The van der Waals surface area contributed by atoms with Gasteiger partial charge in [-0.05, 0) is 50.9 Å². The summed E-state index contributed by atoms with van der Waals surface area (Å²) in [5.74, 6) is 0.604. The van der Waals surface area contributed by atoms with Gasteiger partial charge in [0.2, 0.25) is 17.6 Å². The molecular formula is C18H23FN4O2. The first-order valence-electron chi connectivity index (χ1n) is 8.64. The second-order valence-electron chi connectivity index (χ2n) is 6.58. The summed E-state index contributed by atoms with van der Waals surface area (Å²) in [7, 11) is 2.12. The van der Waals surface area contributed by atoms with Crippen LogP contribution in [0.1, 0.15) is 31.6 Å². The molecule has 1 aromatic heterocycles. The van der Waals surface area contributed by atoms with Gasteiger partial charge in [-0.3, -0.25) is 4.79 Å². The van der Waals surface area contributed by atoms with E-state index in [4.69, 9.17) is 4.52 Å². The van der Waals surface area contributed by atoms with Gasteiger partial charge in [0.15, 0.2) is 0 Å². The SMILES string of the molecule is CN1CCC[C@@H](CCC(=O)NCc2nc(-c3ccccc3F)no2)C1. The predicted octanol–water partition coefficient (Wildman–Crippen LogP) is 2.61. The highest BCUT2D eigenvalue weighted by Crippen LogP contribution is 2.20. The second kappa shape index (κ2) is 8.20. The first-order chi connectivity index (χ1) is 12.1. The molecule has 0 aliphatic carbocycles. The summed E-state index contributed by atoms with van der Waals surface area (Å²) in [6.07, 6.45) is 3.77. The summed E-state index contributed by atoms with van der Waals surface area (Å²) in [4.78, 5) is 18.4. The van der Waals surface area contributed by atoms with Crippen LogP contribution >= 0.6 is 0 Å². The molecule has 0 bridgehead atoms. The number of likely N-dealkylation sites (tertiary alicyclic amines) is 1. The van der Waals surface area contributed by atoms with Gasteiger partial charge < -0.3 is 14.7 Å². The molecule has 25 heavy (non-hydrogen) atoms. The largest absolute Gasteiger partial charge is 0.347 e. The van der Waals surface area contributed by atoms with Gasteiger partial charge in [-0.15, -0.1) is 0 Å². The molecule has 1 fully saturated rings. The molecule has 0 radical (unpaired) electrons. The zero-order chi connectivity index (χ0) is 17.6. The van der Waals surface area contributed by atoms with Crippen molar-refractivity contribution in [3.63, 3.8) is 0 Å². The Balaban J connectivity index is 1.46. The first kappa shape index (κ1) is 17.5. The van der Waals surface area contributed by atoms with Crippen molar-refractivity contribution < 1.29 is 13.7 Å². The molecule has 134 valence electrons. The van der Waals surface area contributed by atoms with E-state index in [9.17, 15) is 9.18 Å². The Kier molecular flexibility index (Phi) is 5.75. The summed E-state index contributed by atoms with van der Waals surface area (Å²) in [6.45, 7) is 2.36. The van der Waals surface area contributed by atoms with E-state index in [-0.39, 0.29) is 29.7 Å². The van der Waals surface area contributed by atoms with E-state index < -0.39 is 5.82 Å². The van der Waals surface area contributed by atoms with Gasteiger partial charge in [-0.1, -0.05) is 17.3 Å². The lowest BCUT2D eigenvalue weighted by atomic mass is 9.93. The molecule has 2 heterocycles. The van der Waals surface area contributed by atoms with Crippen molar-refractivity contribution in [3.8, 4) is 11.4 Å². The molecule has 2 aromatic rings. The van der Waals surface area contributed by atoms with E-state index in [0.29, 0.717) is 12.3 Å². The number of benzene rings is 1. The van der Waals surface area contributed by atoms with Crippen molar-refractivity contribution in [1.82, 2.24) is 20.4 Å². The molecule has 1 atom stereocenters. The zero-order valence-electron chi connectivity index (χ0n) is 14.4. The van der Waals surface area contributed by atoms with E-state index in [1.54, 1.807) is 18.2 Å². The standard InChI is InChI=1S/C18H23FN4O2/c1-23-10-4-5-13(12-23)8-9-16(24)20-11-17-21-18(22-25-17)14-6-2-3-7-15(14)19/h2-3,6-7,13H,4-5,8-12H2,1H3,(H,20,24)/t13-/m0/s1. The maximum Gasteiger partial charge on any atom is 0.246 e. The molecule has 1 aromatic carbocycles. The molecule has 1 aliphatic rings. The number of piperidine rings is 1.